The molecule has 0 aromatic rings. The molecule has 5 heteroatoms. The van der Waals surface area contributed by atoms with Crippen LogP contribution in [0.3, 0.4) is 0 Å². The molecular formula is C10H17NO3S. The zero-order valence-electron chi connectivity index (χ0n) is 8.86. The summed E-state index contributed by atoms with van der Waals surface area (Å²) in [5, 5.41) is 11.9. The number of thioether (sulfide) groups is 1. The van der Waals surface area contributed by atoms with E-state index in [0.717, 1.165) is 0 Å². The Kier molecular flexibility index (Phi) is 4.94. The number of amides is 1. The fraction of sp³-hybridized carbons (Fsp3) is 0.800. The maximum atomic E-state index is 10.8. The van der Waals surface area contributed by atoms with Crippen molar-refractivity contribution in [3.63, 3.8) is 0 Å². The van der Waals surface area contributed by atoms with E-state index in [9.17, 15) is 9.59 Å². The first-order chi connectivity index (χ1) is 7.09. The van der Waals surface area contributed by atoms with E-state index >= 15 is 0 Å². The molecule has 1 unspecified atom stereocenters. The Morgan fingerprint density at radius 3 is 2.53 bits per heavy atom. The number of carbonyl (C=O) groups is 2. The van der Waals surface area contributed by atoms with Gasteiger partial charge in [-0.1, -0.05) is 12.8 Å². The summed E-state index contributed by atoms with van der Waals surface area (Å²) in [5.74, 6) is -0.760. The molecule has 0 aliphatic heterocycles. The van der Waals surface area contributed by atoms with E-state index in [1.807, 2.05) is 0 Å². The smallest absolute Gasteiger partial charge is 0.327 e. The second kappa shape index (κ2) is 6.00. The average Bonchev–Trinajstić information content (AvgIpc) is 2.63. The molecule has 1 amide bonds. The molecule has 0 heterocycles. The molecule has 0 aromatic carbocycles. The zero-order valence-corrected chi connectivity index (χ0v) is 9.68. The lowest BCUT2D eigenvalue weighted by Crippen LogP contribution is -2.41. The summed E-state index contributed by atoms with van der Waals surface area (Å²) in [6.07, 6.45) is 4.85. The minimum atomic E-state index is -0.948. The molecule has 0 radical (unpaired) electrons. The Bertz CT molecular complexity index is 239. The quantitative estimate of drug-likeness (QED) is 0.747. The van der Waals surface area contributed by atoms with Gasteiger partial charge in [0.1, 0.15) is 6.04 Å². The number of carboxylic acid groups (broad SMARTS) is 1. The highest BCUT2D eigenvalue weighted by Crippen LogP contribution is 2.29. The van der Waals surface area contributed by atoms with Gasteiger partial charge in [0.05, 0.1) is 0 Å². The van der Waals surface area contributed by atoms with Gasteiger partial charge in [0.25, 0.3) is 0 Å². The second-order valence-electron chi connectivity index (χ2n) is 3.83. The number of rotatable bonds is 5. The van der Waals surface area contributed by atoms with Gasteiger partial charge >= 0.3 is 5.97 Å². The number of hydrogen-bond donors (Lipinski definition) is 2. The highest BCUT2D eigenvalue weighted by molar-refractivity contribution is 8.00. The van der Waals surface area contributed by atoms with Gasteiger partial charge in [-0.3, -0.25) is 4.79 Å². The Hall–Kier alpha value is -0.710. The van der Waals surface area contributed by atoms with Crippen molar-refractivity contribution >= 4 is 23.6 Å². The zero-order chi connectivity index (χ0) is 11.3. The molecule has 1 rings (SSSR count). The fourth-order valence-electron chi connectivity index (χ4n) is 1.71. The molecule has 4 nitrogen and oxygen atoms in total. The normalized spacial score (nSPS) is 18.7. The summed E-state index contributed by atoms with van der Waals surface area (Å²) in [6, 6.07) is -0.743. The second-order valence-corrected chi connectivity index (χ2v) is 5.16. The lowest BCUT2D eigenvalue weighted by atomic mass is 10.3. The number of carboxylic acids is 1. The van der Waals surface area contributed by atoms with E-state index in [2.05, 4.69) is 5.32 Å². The molecule has 1 atom stereocenters. The molecular weight excluding hydrogens is 214 g/mol. The summed E-state index contributed by atoms with van der Waals surface area (Å²) in [5.41, 5.74) is 0. The van der Waals surface area contributed by atoms with E-state index in [1.165, 1.54) is 32.6 Å². The van der Waals surface area contributed by atoms with E-state index < -0.39 is 12.0 Å². The SMILES string of the molecule is CC(=O)NC(CSC1CCCC1)C(=O)O. The Morgan fingerprint density at radius 2 is 2.07 bits per heavy atom. The summed E-state index contributed by atoms with van der Waals surface area (Å²) in [6.45, 7) is 1.34. The molecule has 2 N–H and O–H groups in total. The van der Waals surface area contributed by atoms with E-state index in [-0.39, 0.29) is 5.91 Å². The van der Waals surface area contributed by atoms with Gasteiger partial charge in [0.2, 0.25) is 5.91 Å². The molecule has 1 aliphatic carbocycles. The molecule has 15 heavy (non-hydrogen) atoms. The monoisotopic (exact) mass is 231 g/mol. The lowest BCUT2D eigenvalue weighted by molar-refractivity contribution is -0.140. The maximum Gasteiger partial charge on any atom is 0.327 e. The number of carbonyl (C=O) groups excluding carboxylic acids is 1. The van der Waals surface area contributed by atoms with Crippen molar-refractivity contribution in [2.75, 3.05) is 5.75 Å². The Morgan fingerprint density at radius 1 is 1.47 bits per heavy atom. The van der Waals surface area contributed by atoms with Gasteiger partial charge in [-0.25, -0.2) is 4.79 Å². The third-order valence-electron chi connectivity index (χ3n) is 2.48. The molecule has 86 valence electrons. The van der Waals surface area contributed by atoms with Crippen LogP contribution in [0.15, 0.2) is 0 Å². The topological polar surface area (TPSA) is 66.4 Å². The number of aliphatic carboxylic acids is 1. The van der Waals surface area contributed by atoms with Crippen molar-refractivity contribution in [3.05, 3.63) is 0 Å². The molecule has 1 saturated carbocycles. The predicted octanol–water partition coefficient (Wildman–Crippen LogP) is 1.25. The van der Waals surface area contributed by atoms with Crippen LogP contribution in [0.25, 0.3) is 0 Å². The molecule has 1 fully saturated rings. The molecule has 1 aliphatic rings. The van der Waals surface area contributed by atoms with E-state index in [0.29, 0.717) is 11.0 Å². The van der Waals surface area contributed by atoms with E-state index in [1.54, 1.807) is 11.8 Å². The van der Waals surface area contributed by atoms with Crippen LogP contribution in [0.1, 0.15) is 32.6 Å². The number of hydrogen-bond acceptors (Lipinski definition) is 3. The van der Waals surface area contributed by atoms with Crippen LogP contribution >= 0.6 is 11.8 Å². The average molecular weight is 231 g/mol. The van der Waals surface area contributed by atoms with Crippen molar-refractivity contribution < 1.29 is 14.7 Å². The highest BCUT2D eigenvalue weighted by Gasteiger charge is 2.22. The van der Waals surface area contributed by atoms with Crippen LogP contribution < -0.4 is 5.32 Å². The van der Waals surface area contributed by atoms with Gasteiger partial charge in [-0.15, -0.1) is 0 Å². The van der Waals surface area contributed by atoms with Gasteiger partial charge < -0.3 is 10.4 Å². The number of nitrogens with one attached hydrogen (secondary N) is 1. The molecule has 0 spiro atoms. The maximum absolute atomic E-state index is 10.8. The Labute approximate surface area is 93.8 Å². The van der Waals surface area contributed by atoms with Gasteiger partial charge in [-0.2, -0.15) is 11.8 Å². The van der Waals surface area contributed by atoms with Crippen molar-refractivity contribution in [2.45, 2.75) is 43.9 Å². The molecule has 0 bridgehead atoms. The van der Waals surface area contributed by atoms with Crippen molar-refractivity contribution in [2.24, 2.45) is 0 Å². The third kappa shape index (κ3) is 4.55. The fourth-order valence-corrected chi connectivity index (χ4v) is 3.06. The first-order valence-corrected chi connectivity index (χ1v) is 6.26. The minimum Gasteiger partial charge on any atom is -0.480 e. The standard InChI is InChI=1S/C10H17NO3S/c1-7(12)11-9(10(13)14)6-15-8-4-2-3-5-8/h8-9H,2-6H2,1H3,(H,11,12)(H,13,14). The first kappa shape index (κ1) is 12.4. The van der Waals surface area contributed by atoms with Crippen LogP contribution in [0.2, 0.25) is 0 Å². The minimum absolute atomic E-state index is 0.283. The Balaban J connectivity index is 2.30. The van der Waals surface area contributed by atoms with Crippen LogP contribution in [0.5, 0.6) is 0 Å². The summed E-state index contributed by atoms with van der Waals surface area (Å²) in [4.78, 5) is 21.6. The van der Waals surface area contributed by atoms with Crippen molar-refractivity contribution in [1.29, 1.82) is 0 Å². The molecule has 0 saturated heterocycles. The van der Waals surface area contributed by atoms with Crippen molar-refractivity contribution in [3.8, 4) is 0 Å². The van der Waals surface area contributed by atoms with Gasteiger partial charge in [0.15, 0.2) is 0 Å². The van der Waals surface area contributed by atoms with E-state index in [4.69, 9.17) is 5.11 Å². The summed E-state index contributed by atoms with van der Waals surface area (Å²) < 4.78 is 0. The van der Waals surface area contributed by atoms with Crippen molar-refractivity contribution in [1.82, 2.24) is 5.32 Å². The van der Waals surface area contributed by atoms with Crippen LogP contribution in [-0.2, 0) is 9.59 Å². The van der Waals surface area contributed by atoms with Crippen LogP contribution in [-0.4, -0.2) is 34.0 Å². The summed E-state index contributed by atoms with van der Waals surface area (Å²) >= 11 is 1.67. The van der Waals surface area contributed by atoms with Crippen LogP contribution in [0.4, 0.5) is 0 Å². The largest absolute Gasteiger partial charge is 0.480 e. The third-order valence-corrected chi connectivity index (χ3v) is 3.94. The summed E-state index contributed by atoms with van der Waals surface area (Å²) in [7, 11) is 0. The molecule has 0 aromatic heterocycles. The van der Waals surface area contributed by atoms with Gasteiger partial charge in [-0.05, 0) is 12.8 Å². The van der Waals surface area contributed by atoms with Crippen LogP contribution in [0, 0.1) is 0 Å². The first-order valence-electron chi connectivity index (χ1n) is 5.21. The lowest BCUT2D eigenvalue weighted by Gasteiger charge is -2.15. The van der Waals surface area contributed by atoms with Gasteiger partial charge in [0, 0.05) is 17.9 Å². The highest BCUT2D eigenvalue weighted by atomic mass is 32.2. The predicted molar refractivity (Wildman–Crippen MR) is 60.0 cm³/mol.